The lowest BCUT2D eigenvalue weighted by atomic mass is 9.91. The summed E-state index contributed by atoms with van der Waals surface area (Å²) in [5.41, 5.74) is 0.740. The van der Waals surface area contributed by atoms with E-state index in [1.807, 2.05) is 37.3 Å². The van der Waals surface area contributed by atoms with Crippen molar-refractivity contribution >= 4 is 23.3 Å². The average molecular weight is 295 g/mol. The van der Waals surface area contributed by atoms with E-state index in [1.54, 1.807) is 30.2 Å². The SMILES string of the molecule is Cc1ccccc1NC(=O)C1(C)CC(=O)N=C2C=CC=CN21. The van der Waals surface area contributed by atoms with Crippen molar-refractivity contribution in [3.63, 3.8) is 0 Å². The topological polar surface area (TPSA) is 61.8 Å². The number of rotatable bonds is 2. The number of aryl methyl sites for hydroxylation is 1. The first-order valence-corrected chi connectivity index (χ1v) is 7.13. The highest BCUT2D eigenvalue weighted by Gasteiger charge is 2.45. The number of carbonyl (C=O) groups excluding carboxylic acids is 2. The van der Waals surface area contributed by atoms with E-state index < -0.39 is 5.54 Å². The van der Waals surface area contributed by atoms with E-state index in [2.05, 4.69) is 10.3 Å². The molecule has 5 nitrogen and oxygen atoms in total. The minimum absolute atomic E-state index is 0.0480. The van der Waals surface area contributed by atoms with Crippen molar-refractivity contribution in [3.8, 4) is 0 Å². The number of nitrogens with zero attached hydrogens (tertiary/aromatic N) is 2. The second-order valence-electron chi connectivity index (χ2n) is 5.65. The Morgan fingerprint density at radius 3 is 2.86 bits per heavy atom. The molecule has 0 spiro atoms. The van der Waals surface area contributed by atoms with Crippen LogP contribution in [0, 0.1) is 6.92 Å². The molecule has 22 heavy (non-hydrogen) atoms. The van der Waals surface area contributed by atoms with Gasteiger partial charge in [0.1, 0.15) is 11.4 Å². The van der Waals surface area contributed by atoms with Crippen molar-refractivity contribution in [3.05, 3.63) is 54.3 Å². The second-order valence-corrected chi connectivity index (χ2v) is 5.65. The molecule has 0 aromatic heterocycles. The smallest absolute Gasteiger partial charge is 0.250 e. The first-order chi connectivity index (χ1) is 10.5. The van der Waals surface area contributed by atoms with E-state index in [4.69, 9.17) is 0 Å². The third kappa shape index (κ3) is 2.35. The maximum absolute atomic E-state index is 12.8. The number of nitrogens with one attached hydrogen (secondary N) is 1. The number of para-hydroxylation sites is 1. The fourth-order valence-electron chi connectivity index (χ4n) is 2.65. The zero-order valence-electron chi connectivity index (χ0n) is 12.5. The predicted octanol–water partition coefficient (Wildman–Crippen LogP) is 2.41. The van der Waals surface area contributed by atoms with Crippen molar-refractivity contribution in [2.75, 3.05) is 5.32 Å². The molecule has 0 bridgehead atoms. The standard InChI is InChI=1S/C17H17N3O2/c1-12-7-3-4-8-13(12)18-16(22)17(2)11-15(21)19-14-9-5-6-10-20(14)17/h3-10H,11H2,1-2H3,(H,18,22). The molecule has 2 aliphatic heterocycles. The lowest BCUT2D eigenvalue weighted by Gasteiger charge is -2.41. The van der Waals surface area contributed by atoms with Gasteiger partial charge in [-0.3, -0.25) is 9.59 Å². The molecule has 1 N–H and O–H groups in total. The van der Waals surface area contributed by atoms with Crippen LogP contribution in [0.3, 0.4) is 0 Å². The molecule has 2 aliphatic rings. The van der Waals surface area contributed by atoms with Crippen LogP contribution in [0.15, 0.2) is 53.7 Å². The monoisotopic (exact) mass is 295 g/mol. The fourth-order valence-corrected chi connectivity index (χ4v) is 2.65. The van der Waals surface area contributed by atoms with E-state index in [0.717, 1.165) is 11.3 Å². The molecule has 0 fully saturated rings. The molecule has 1 atom stereocenters. The number of hydrogen-bond donors (Lipinski definition) is 1. The van der Waals surface area contributed by atoms with E-state index in [1.165, 1.54) is 0 Å². The molecule has 112 valence electrons. The Morgan fingerprint density at radius 1 is 1.32 bits per heavy atom. The summed E-state index contributed by atoms with van der Waals surface area (Å²) >= 11 is 0. The molecule has 3 rings (SSSR count). The van der Waals surface area contributed by atoms with E-state index in [0.29, 0.717) is 5.84 Å². The van der Waals surface area contributed by atoms with Gasteiger partial charge in [0.2, 0.25) is 0 Å². The number of carbonyl (C=O) groups is 2. The third-order valence-corrected chi connectivity index (χ3v) is 3.99. The van der Waals surface area contributed by atoms with Crippen LogP contribution in [0.2, 0.25) is 0 Å². The molecule has 2 heterocycles. The highest BCUT2D eigenvalue weighted by Crippen LogP contribution is 2.29. The maximum Gasteiger partial charge on any atom is 0.250 e. The molecule has 1 aromatic carbocycles. The lowest BCUT2D eigenvalue weighted by molar-refractivity contribution is -0.130. The molecule has 0 saturated carbocycles. The molecule has 5 heteroatoms. The van der Waals surface area contributed by atoms with Gasteiger partial charge in [-0.25, -0.2) is 0 Å². The Kier molecular flexibility index (Phi) is 3.41. The van der Waals surface area contributed by atoms with Gasteiger partial charge in [-0.05, 0) is 37.6 Å². The number of amidine groups is 1. The lowest BCUT2D eigenvalue weighted by Crippen LogP contribution is -2.58. The normalized spacial score (nSPS) is 23.1. The Labute approximate surface area is 129 Å². The summed E-state index contributed by atoms with van der Waals surface area (Å²) in [6.45, 7) is 3.69. The number of anilines is 1. The molecule has 2 amide bonds. The van der Waals surface area contributed by atoms with Crippen LogP contribution in [0.5, 0.6) is 0 Å². The minimum Gasteiger partial charge on any atom is -0.324 e. The number of fused-ring (bicyclic) bond motifs is 1. The minimum atomic E-state index is -0.988. The molecule has 1 unspecified atom stereocenters. The van der Waals surface area contributed by atoms with Gasteiger partial charge in [0.05, 0.1) is 6.42 Å². The highest BCUT2D eigenvalue weighted by atomic mass is 16.2. The average Bonchev–Trinajstić information content (AvgIpc) is 2.49. The van der Waals surface area contributed by atoms with E-state index >= 15 is 0 Å². The first-order valence-electron chi connectivity index (χ1n) is 7.13. The first kappa shape index (κ1) is 14.3. The third-order valence-electron chi connectivity index (χ3n) is 3.99. The van der Waals surface area contributed by atoms with Crippen LogP contribution in [0.1, 0.15) is 18.9 Å². The zero-order chi connectivity index (χ0) is 15.7. The number of aliphatic imine (C=N–C) groups is 1. The van der Waals surface area contributed by atoms with Crippen LogP contribution in [0.25, 0.3) is 0 Å². The summed E-state index contributed by atoms with van der Waals surface area (Å²) in [5.74, 6) is -0.00248. The van der Waals surface area contributed by atoms with Crippen molar-refractivity contribution in [1.82, 2.24) is 4.90 Å². The fraction of sp³-hybridized carbons (Fsp3) is 0.235. The van der Waals surface area contributed by atoms with Crippen molar-refractivity contribution in [2.24, 2.45) is 4.99 Å². The van der Waals surface area contributed by atoms with Gasteiger partial charge in [0, 0.05) is 11.9 Å². The number of benzene rings is 1. The molecular weight excluding hydrogens is 278 g/mol. The van der Waals surface area contributed by atoms with E-state index in [9.17, 15) is 9.59 Å². The van der Waals surface area contributed by atoms with E-state index in [-0.39, 0.29) is 18.2 Å². The van der Waals surface area contributed by atoms with Crippen LogP contribution in [-0.4, -0.2) is 28.1 Å². The zero-order valence-corrected chi connectivity index (χ0v) is 12.5. The Hall–Kier alpha value is -2.69. The maximum atomic E-state index is 12.8. The van der Waals surface area contributed by atoms with Crippen molar-refractivity contribution in [2.45, 2.75) is 25.8 Å². The van der Waals surface area contributed by atoms with Crippen LogP contribution in [-0.2, 0) is 9.59 Å². The highest BCUT2D eigenvalue weighted by molar-refractivity contribution is 6.12. The van der Waals surface area contributed by atoms with Crippen molar-refractivity contribution in [1.29, 1.82) is 0 Å². The molecule has 0 saturated heterocycles. The van der Waals surface area contributed by atoms with Crippen LogP contribution < -0.4 is 5.32 Å². The Balaban J connectivity index is 1.92. The summed E-state index contributed by atoms with van der Waals surface area (Å²) in [4.78, 5) is 30.5. The largest absolute Gasteiger partial charge is 0.324 e. The quantitative estimate of drug-likeness (QED) is 0.911. The molecule has 0 radical (unpaired) electrons. The van der Waals surface area contributed by atoms with Gasteiger partial charge in [-0.15, -0.1) is 0 Å². The summed E-state index contributed by atoms with van der Waals surface area (Å²) < 4.78 is 0. The van der Waals surface area contributed by atoms with Crippen LogP contribution in [0.4, 0.5) is 5.69 Å². The van der Waals surface area contributed by atoms with Crippen molar-refractivity contribution < 1.29 is 9.59 Å². The Morgan fingerprint density at radius 2 is 2.09 bits per heavy atom. The van der Waals surface area contributed by atoms with Gasteiger partial charge in [0.25, 0.3) is 11.8 Å². The summed E-state index contributed by atoms with van der Waals surface area (Å²) in [6, 6.07) is 7.57. The van der Waals surface area contributed by atoms with Gasteiger partial charge in [-0.1, -0.05) is 24.3 Å². The van der Waals surface area contributed by atoms with Crippen LogP contribution >= 0.6 is 0 Å². The number of amides is 2. The predicted molar refractivity (Wildman–Crippen MR) is 85.4 cm³/mol. The summed E-state index contributed by atoms with van der Waals surface area (Å²) in [5, 5.41) is 2.93. The number of allylic oxidation sites excluding steroid dienone is 2. The number of hydrogen-bond acceptors (Lipinski definition) is 3. The second kappa shape index (κ2) is 5.26. The summed E-state index contributed by atoms with van der Waals surface area (Å²) in [6.07, 6.45) is 7.19. The molecule has 1 aromatic rings. The van der Waals surface area contributed by atoms with Gasteiger partial charge in [0.15, 0.2) is 0 Å². The Bertz CT molecular complexity index is 733. The van der Waals surface area contributed by atoms with Gasteiger partial charge >= 0.3 is 0 Å². The molecular formula is C17H17N3O2. The van der Waals surface area contributed by atoms with Gasteiger partial charge < -0.3 is 10.2 Å². The molecule has 0 aliphatic carbocycles. The summed E-state index contributed by atoms with van der Waals surface area (Å²) in [7, 11) is 0. The van der Waals surface area contributed by atoms with Gasteiger partial charge in [-0.2, -0.15) is 4.99 Å².